The first-order chi connectivity index (χ1) is 11.7. The number of benzene rings is 1. The zero-order valence-electron chi connectivity index (χ0n) is 13.9. The molecule has 0 spiro atoms. The molecule has 1 aromatic carbocycles. The Morgan fingerprint density at radius 3 is 1.92 bits per heavy atom. The molecule has 1 unspecified atom stereocenters. The lowest BCUT2D eigenvalue weighted by Crippen LogP contribution is -2.40. The van der Waals surface area contributed by atoms with Gasteiger partial charge in [-0.25, -0.2) is 18.0 Å². The standard InChI is InChI=1S/C15H19NO8S/c1-4-5-12(13(17)18)16-25(21,22)11-7-9(14(19)23-2)6-10(8-11)15(20)24-3/h6-8,12,16H,4-5H2,1-3H3,(H,17,18). The SMILES string of the molecule is CCCC(NS(=O)(=O)c1cc(C(=O)OC)cc(C(=O)OC)c1)C(=O)O. The summed E-state index contributed by atoms with van der Waals surface area (Å²) < 4.78 is 36.0. The van der Waals surface area contributed by atoms with E-state index in [1.54, 1.807) is 6.92 Å². The van der Waals surface area contributed by atoms with Gasteiger partial charge < -0.3 is 14.6 Å². The van der Waals surface area contributed by atoms with Crippen molar-refractivity contribution in [3.63, 3.8) is 0 Å². The summed E-state index contributed by atoms with van der Waals surface area (Å²) in [6, 6.07) is 1.77. The molecule has 0 radical (unpaired) electrons. The van der Waals surface area contributed by atoms with E-state index >= 15 is 0 Å². The van der Waals surface area contributed by atoms with Crippen molar-refractivity contribution in [2.45, 2.75) is 30.7 Å². The number of carbonyl (C=O) groups is 3. The molecule has 1 rings (SSSR count). The van der Waals surface area contributed by atoms with Gasteiger partial charge in [0.25, 0.3) is 0 Å². The third-order valence-corrected chi connectivity index (χ3v) is 4.68. The third kappa shape index (κ3) is 5.26. The highest BCUT2D eigenvalue weighted by molar-refractivity contribution is 7.89. The highest BCUT2D eigenvalue weighted by Crippen LogP contribution is 2.18. The molecule has 0 bridgehead atoms. The molecule has 9 nitrogen and oxygen atoms in total. The van der Waals surface area contributed by atoms with Crippen molar-refractivity contribution in [3.05, 3.63) is 29.3 Å². The zero-order chi connectivity index (χ0) is 19.2. The maximum absolute atomic E-state index is 12.5. The Kier molecular flexibility index (Phi) is 7.07. The number of aliphatic carboxylic acids is 1. The van der Waals surface area contributed by atoms with Crippen LogP contribution in [0, 0.1) is 0 Å². The number of rotatable bonds is 8. The number of nitrogens with one attached hydrogen (secondary N) is 1. The van der Waals surface area contributed by atoms with E-state index in [9.17, 15) is 22.8 Å². The third-order valence-electron chi connectivity index (χ3n) is 3.23. The Labute approximate surface area is 145 Å². The first-order valence-corrected chi connectivity index (χ1v) is 8.71. The number of hydrogen-bond donors (Lipinski definition) is 2. The van der Waals surface area contributed by atoms with E-state index in [1.165, 1.54) is 0 Å². The molecule has 0 saturated heterocycles. The Balaban J connectivity index is 3.39. The van der Waals surface area contributed by atoms with E-state index in [2.05, 4.69) is 9.47 Å². The van der Waals surface area contributed by atoms with Crippen LogP contribution in [0.15, 0.2) is 23.1 Å². The highest BCUT2D eigenvalue weighted by atomic mass is 32.2. The summed E-state index contributed by atoms with van der Waals surface area (Å²) >= 11 is 0. The average Bonchev–Trinajstić information content (AvgIpc) is 2.59. The molecule has 0 saturated carbocycles. The monoisotopic (exact) mass is 373 g/mol. The largest absolute Gasteiger partial charge is 0.480 e. The van der Waals surface area contributed by atoms with Crippen LogP contribution >= 0.6 is 0 Å². The molecule has 0 aliphatic carbocycles. The van der Waals surface area contributed by atoms with Crippen LogP contribution < -0.4 is 4.72 Å². The van der Waals surface area contributed by atoms with Gasteiger partial charge in [0.1, 0.15) is 6.04 Å². The highest BCUT2D eigenvalue weighted by Gasteiger charge is 2.27. The van der Waals surface area contributed by atoms with Gasteiger partial charge >= 0.3 is 17.9 Å². The van der Waals surface area contributed by atoms with Crippen LogP contribution in [0.3, 0.4) is 0 Å². The van der Waals surface area contributed by atoms with E-state index < -0.39 is 38.9 Å². The summed E-state index contributed by atoms with van der Waals surface area (Å²) in [4.78, 5) is 34.1. The first-order valence-electron chi connectivity index (χ1n) is 7.23. The van der Waals surface area contributed by atoms with Crippen LogP contribution in [0.1, 0.15) is 40.5 Å². The lowest BCUT2D eigenvalue weighted by atomic mass is 10.1. The van der Waals surface area contributed by atoms with Gasteiger partial charge in [-0.2, -0.15) is 4.72 Å². The number of carboxylic acids is 1. The molecule has 0 aliphatic rings. The molecule has 0 aliphatic heterocycles. The van der Waals surface area contributed by atoms with Gasteiger partial charge in [0, 0.05) is 0 Å². The van der Waals surface area contributed by atoms with E-state index in [0.717, 1.165) is 32.4 Å². The van der Waals surface area contributed by atoms with Crippen LogP contribution in [0.2, 0.25) is 0 Å². The van der Waals surface area contributed by atoms with Gasteiger partial charge in [0.2, 0.25) is 10.0 Å². The number of carbonyl (C=O) groups excluding carboxylic acids is 2. The second-order valence-corrected chi connectivity index (χ2v) is 6.74. The fourth-order valence-electron chi connectivity index (χ4n) is 2.00. The Morgan fingerprint density at radius 2 is 1.56 bits per heavy atom. The van der Waals surface area contributed by atoms with E-state index in [0.29, 0.717) is 6.42 Å². The number of hydrogen-bond acceptors (Lipinski definition) is 7. The van der Waals surface area contributed by atoms with Crippen molar-refractivity contribution in [2.24, 2.45) is 0 Å². The van der Waals surface area contributed by atoms with E-state index in [4.69, 9.17) is 5.11 Å². The van der Waals surface area contributed by atoms with Gasteiger partial charge in [0.05, 0.1) is 30.2 Å². The molecule has 2 N–H and O–H groups in total. The summed E-state index contributed by atoms with van der Waals surface area (Å²) in [5.74, 6) is -3.04. The van der Waals surface area contributed by atoms with Gasteiger partial charge in [-0.15, -0.1) is 0 Å². The fourth-order valence-corrected chi connectivity index (χ4v) is 3.30. The van der Waals surface area contributed by atoms with Crippen LogP contribution in [0.5, 0.6) is 0 Å². The van der Waals surface area contributed by atoms with Crippen molar-refractivity contribution >= 4 is 27.9 Å². The summed E-state index contributed by atoms with van der Waals surface area (Å²) in [7, 11) is -2.10. The average molecular weight is 373 g/mol. The van der Waals surface area contributed by atoms with Crippen LogP contribution in [0.4, 0.5) is 0 Å². The van der Waals surface area contributed by atoms with Crippen LogP contribution in [-0.2, 0) is 24.3 Å². The van der Waals surface area contributed by atoms with Gasteiger partial charge in [0.15, 0.2) is 0 Å². The maximum Gasteiger partial charge on any atom is 0.337 e. The van der Waals surface area contributed by atoms with Crippen LogP contribution in [-0.4, -0.2) is 51.7 Å². The van der Waals surface area contributed by atoms with Crippen molar-refractivity contribution in [3.8, 4) is 0 Å². The van der Waals surface area contributed by atoms with E-state index in [1.807, 2.05) is 4.72 Å². The molecule has 138 valence electrons. The zero-order valence-corrected chi connectivity index (χ0v) is 14.8. The Bertz CT molecular complexity index is 737. The molecular formula is C15H19NO8S. The maximum atomic E-state index is 12.5. The molecule has 1 atom stereocenters. The molecule has 1 aromatic rings. The molecule has 0 fully saturated rings. The summed E-state index contributed by atoms with van der Waals surface area (Å²) in [5, 5.41) is 9.10. The lowest BCUT2D eigenvalue weighted by Gasteiger charge is -2.15. The Morgan fingerprint density at radius 1 is 1.08 bits per heavy atom. The normalized spacial score (nSPS) is 12.3. The minimum absolute atomic E-state index is 0.0785. The quantitative estimate of drug-likeness (QED) is 0.638. The summed E-state index contributed by atoms with van der Waals surface area (Å²) in [5.41, 5.74) is -0.374. The molecule has 10 heteroatoms. The van der Waals surface area contributed by atoms with Gasteiger partial charge in [-0.1, -0.05) is 13.3 Å². The van der Waals surface area contributed by atoms with E-state index in [-0.39, 0.29) is 17.5 Å². The number of carboxylic acid groups (broad SMARTS) is 1. The Hall–Kier alpha value is -2.46. The fraction of sp³-hybridized carbons (Fsp3) is 0.400. The van der Waals surface area contributed by atoms with Crippen molar-refractivity contribution in [2.75, 3.05) is 14.2 Å². The van der Waals surface area contributed by atoms with Gasteiger partial charge in [-0.05, 0) is 24.6 Å². The second kappa shape index (κ2) is 8.58. The van der Waals surface area contributed by atoms with Crippen molar-refractivity contribution < 1.29 is 37.4 Å². The molecule has 0 heterocycles. The summed E-state index contributed by atoms with van der Waals surface area (Å²) in [6.07, 6.45) is 0.518. The first kappa shape index (κ1) is 20.6. The predicted octanol–water partition coefficient (Wildman–Crippen LogP) is 0.791. The summed E-state index contributed by atoms with van der Waals surface area (Å²) in [6.45, 7) is 1.71. The minimum atomic E-state index is -4.30. The predicted molar refractivity (Wildman–Crippen MR) is 85.8 cm³/mol. The number of sulfonamides is 1. The topological polar surface area (TPSA) is 136 Å². The molecule has 25 heavy (non-hydrogen) atoms. The second-order valence-electron chi connectivity index (χ2n) is 5.03. The van der Waals surface area contributed by atoms with Crippen LogP contribution in [0.25, 0.3) is 0 Å². The molecular weight excluding hydrogens is 354 g/mol. The van der Waals surface area contributed by atoms with Gasteiger partial charge in [-0.3, -0.25) is 4.79 Å². The molecule has 0 amide bonds. The van der Waals surface area contributed by atoms with Crippen molar-refractivity contribution in [1.82, 2.24) is 4.72 Å². The number of methoxy groups -OCH3 is 2. The number of ether oxygens (including phenoxy) is 2. The minimum Gasteiger partial charge on any atom is -0.480 e. The smallest absolute Gasteiger partial charge is 0.337 e. The molecule has 0 aromatic heterocycles. The van der Waals surface area contributed by atoms with Crippen molar-refractivity contribution in [1.29, 1.82) is 0 Å². The lowest BCUT2D eigenvalue weighted by molar-refractivity contribution is -0.139. The number of esters is 2.